The van der Waals surface area contributed by atoms with Crippen LogP contribution in [-0.2, 0) is 11.3 Å². The lowest BCUT2D eigenvalue weighted by Crippen LogP contribution is -2.28. The van der Waals surface area contributed by atoms with E-state index in [1.807, 2.05) is 24.4 Å². The van der Waals surface area contributed by atoms with Gasteiger partial charge in [-0.2, -0.15) is 0 Å². The lowest BCUT2D eigenvalue weighted by molar-refractivity contribution is -0.385. The third-order valence-electron chi connectivity index (χ3n) is 4.66. The first-order chi connectivity index (χ1) is 14.3. The van der Waals surface area contributed by atoms with Crippen LogP contribution in [0.1, 0.15) is 10.4 Å². The SMILES string of the molecule is Cc1ccc(-c2csc3ncn(CC(=O)Nc4cccc([N+](=O)[O-])c4C)c(=O)c23)s1. The number of hydrogen-bond acceptors (Lipinski definition) is 7. The maximum atomic E-state index is 13.1. The minimum atomic E-state index is -0.502. The molecule has 0 aliphatic rings. The summed E-state index contributed by atoms with van der Waals surface area (Å²) in [5, 5.41) is 16.1. The number of thiophene rings is 2. The van der Waals surface area contributed by atoms with Crippen LogP contribution < -0.4 is 10.9 Å². The second-order valence-electron chi connectivity index (χ2n) is 6.67. The molecule has 4 rings (SSSR count). The molecule has 30 heavy (non-hydrogen) atoms. The summed E-state index contributed by atoms with van der Waals surface area (Å²) in [7, 11) is 0. The number of carbonyl (C=O) groups excluding carboxylic acids is 1. The Kier molecular flexibility index (Phi) is 5.18. The molecule has 3 aromatic heterocycles. The lowest BCUT2D eigenvalue weighted by Gasteiger charge is -2.10. The summed E-state index contributed by atoms with van der Waals surface area (Å²) in [6.45, 7) is 3.32. The van der Waals surface area contributed by atoms with Crippen molar-refractivity contribution in [3.63, 3.8) is 0 Å². The summed E-state index contributed by atoms with van der Waals surface area (Å²) >= 11 is 2.98. The van der Waals surface area contributed by atoms with Crippen molar-refractivity contribution < 1.29 is 9.72 Å². The number of rotatable bonds is 5. The van der Waals surface area contributed by atoms with E-state index in [1.54, 1.807) is 24.3 Å². The fraction of sp³-hybridized carbons (Fsp3) is 0.150. The number of aryl methyl sites for hydroxylation is 1. The molecule has 0 unspecified atom stereocenters. The average molecular weight is 441 g/mol. The fourth-order valence-electron chi connectivity index (χ4n) is 3.14. The summed E-state index contributed by atoms with van der Waals surface area (Å²) in [6, 6.07) is 8.42. The third kappa shape index (κ3) is 3.62. The average Bonchev–Trinajstić information content (AvgIpc) is 3.32. The maximum absolute atomic E-state index is 13.1. The highest BCUT2D eigenvalue weighted by atomic mass is 32.1. The van der Waals surface area contributed by atoms with E-state index in [0.717, 1.165) is 15.3 Å². The Morgan fingerprint density at radius 2 is 2.07 bits per heavy atom. The van der Waals surface area contributed by atoms with E-state index < -0.39 is 10.8 Å². The number of nitro benzene ring substituents is 1. The molecule has 10 heteroatoms. The van der Waals surface area contributed by atoms with E-state index in [2.05, 4.69) is 10.3 Å². The zero-order valence-electron chi connectivity index (χ0n) is 16.0. The van der Waals surface area contributed by atoms with Gasteiger partial charge in [0.1, 0.15) is 11.4 Å². The van der Waals surface area contributed by atoms with Gasteiger partial charge < -0.3 is 5.32 Å². The molecule has 8 nitrogen and oxygen atoms in total. The zero-order valence-corrected chi connectivity index (χ0v) is 17.7. The molecule has 0 aliphatic heterocycles. The number of fused-ring (bicyclic) bond motifs is 1. The summed E-state index contributed by atoms with van der Waals surface area (Å²) in [6.07, 6.45) is 1.35. The van der Waals surface area contributed by atoms with Crippen LogP contribution in [0.2, 0.25) is 0 Å². The van der Waals surface area contributed by atoms with Crippen molar-refractivity contribution in [1.29, 1.82) is 0 Å². The van der Waals surface area contributed by atoms with E-state index in [4.69, 9.17) is 0 Å². The van der Waals surface area contributed by atoms with Gasteiger partial charge in [0.25, 0.3) is 11.2 Å². The molecule has 0 spiro atoms. The van der Waals surface area contributed by atoms with Gasteiger partial charge in [-0.15, -0.1) is 22.7 Å². The molecule has 152 valence electrons. The van der Waals surface area contributed by atoms with Crippen molar-refractivity contribution in [2.24, 2.45) is 0 Å². The molecule has 0 aliphatic carbocycles. The number of nitrogens with one attached hydrogen (secondary N) is 1. The predicted octanol–water partition coefficient (Wildman–Crippen LogP) is 4.35. The minimum Gasteiger partial charge on any atom is -0.324 e. The van der Waals surface area contributed by atoms with Gasteiger partial charge in [-0.05, 0) is 32.0 Å². The van der Waals surface area contributed by atoms with Crippen LogP contribution in [0.5, 0.6) is 0 Å². The Morgan fingerprint density at radius 3 is 2.77 bits per heavy atom. The number of amides is 1. The highest BCUT2D eigenvalue weighted by molar-refractivity contribution is 7.19. The first kappa shape index (κ1) is 19.9. The van der Waals surface area contributed by atoms with E-state index in [-0.39, 0.29) is 17.8 Å². The summed E-state index contributed by atoms with van der Waals surface area (Å²) in [5.74, 6) is -0.467. The molecular formula is C20H16N4O4S2. The van der Waals surface area contributed by atoms with Crippen LogP contribution in [0.4, 0.5) is 11.4 Å². The van der Waals surface area contributed by atoms with Gasteiger partial charge in [-0.25, -0.2) is 4.98 Å². The Morgan fingerprint density at radius 1 is 1.27 bits per heavy atom. The first-order valence-electron chi connectivity index (χ1n) is 8.92. The van der Waals surface area contributed by atoms with Crippen LogP contribution in [0.25, 0.3) is 20.7 Å². The van der Waals surface area contributed by atoms with Crippen LogP contribution >= 0.6 is 22.7 Å². The Labute approximate surface area is 178 Å². The number of benzene rings is 1. The largest absolute Gasteiger partial charge is 0.324 e. The molecule has 0 saturated carbocycles. The van der Waals surface area contributed by atoms with Gasteiger partial charge in [0, 0.05) is 26.8 Å². The molecule has 3 heterocycles. The van der Waals surface area contributed by atoms with Gasteiger partial charge in [0.05, 0.1) is 27.9 Å². The zero-order chi connectivity index (χ0) is 21.4. The van der Waals surface area contributed by atoms with Gasteiger partial charge in [-0.3, -0.25) is 24.3 Å². The van der Waals surface area contributed by atoms with Crippen molar-refractivity contribution in [2.45, 2.75) is 20.4 Å². The Balaban J connectivity index is 1.64. The van der Waals surface area contributed by atoms with E-state index in [1.165, 1.54) is 34.4 Å². The molecule has 1 aromatic carbocycles. The molecule has 4 aromatic rings. The normalized spacial score (nSPS) is 11.0. The van der Waals surface area contributed by atoms with Crippen LogP contribution in [0.3, 0.4) is 0 Å². The second-order valence-corrected chi connectivity index (χ2v) is 8.82. The molecule has 1 N–H and O–H groups in total. The van der Waals surface area contributed by atoms with E-state index in [0.29, 0.717) is 21.5 Å². The minimum absolute atomic E-state index is 0.0813. The quantitative estimate of drug-likeness (QED) is 0.367. The van der Waals surface area contributed by atoms with Crippen molar-refractivity contribution in [3.05, 3.63) is 72.9 Å². The molecular weight excluding hydrogens is 424 g/mol. The van der Waals surface area contributed by atoms with E-state index in [9.17, 15) is 19.7 Å². The smallest absolute Gasteiger partial charge is 0.274 e. The Bertz CT molecular complexity index is 1350. The number of hydrogen-bond donors (Lipinski definition) is 1. The highest BCUT2D eigenvalue weighted by Gasteiger charge is 2.18. The standard InChI is InChI=1S/C20H16N4O4S2/c1-11-6-7-16(30-11)13-9-29-19-18(13)20(26)23(10-21-19)8-17(25)22-14-4-3-5-15(12(14)2)24(27)28/h3-7,9-10H,8H2,1-2H3,(H,22,25). The molecule has 0 saturated heterocycles. The summed E-state index contributed by atoms with van der Waals surface area (Å²) in [4.78, 5) is 43.2. The third-order valence-corrected chi connectivity index (χ3v) is 6.58. The van der Waals surface area contributed by atoms with Gasteiger partial charge >= 0.3 is 0 Å². The van der Waals surface area contributed by atoms with Crippen molar-refractivity contribution in [2.75, 3.05) is 5.32 Å². The summed E-state index contributed by atoms with van der Waals surface area (Å²) < 4.78 is 1.25. The second kappa shape index (κ2) is 7.81. The van der Waals surface area contributed by atoms with Crippen molar-refractivity contribution in [1.82, 2.24) is 9.55 Å². The lowest BCUT2D eigenvalue weighted by atomic mass is 10.1. The molecule has 1 amide bonds. The van der Waals surface area contributed by atoms with Crippen molar-refractivity contribution >= 4 is 50.2 Å². The highest BCUT2D eigenvalue weighted by Crippen LogP contribution is 2.34. The molecule has 0 fully saturated rings. The summed E-state index contributed by atoms with van der Waals surface area (Å²) in [5.41, 5.74) is 1.12. The number of nitrogens with zero attached hydrogens (tertiary/aromatic N) is 3. The fourth-order valence-corrected chi connectivity index (χ4v) is 5.00. The van der Waals surface area contributed by atoms with Crippen LogP contribution in [0.15, 0.2) is 46.8 Å². The van der Waals surface area contributed by atoms with E-state index >= 15 is 0 Å². The predicted molar refractivity (Wildman–Crippen MR) is 118 cm³/mol. The number of aromatic nitrogens is 2. The van der Waals surface area contributed by atoms with Crippen LogP contribution in [0, 0.1) is 24.0 Å². The molecule has 0 atom stereocenters. The first-order valence-corrected chi connectivity index (χ1v) is 10.6. The molecule has 0 bridgehead atoms. The number of carbonyl (C=O) groups is 1. The van der Waals surface area contributed by atoms with Gasteiger partial charge in [0.15, 0.2) is 0 Å². The topological polar surface area (TPSA) is 107 Å². The maximum Gasteiger partial charge on any atom is 0.274 e. The van der Waals surface area contributed by atoms with Gasteiger partial charge in [0.2, 0.25) is 5.91 Å². The van der Waals surface area contributed by atoms with Gasteiger partial charge in [-0.1, -0.05) is 6.07 Å². The Hall–Kier alpha value is -3.37. The number of nitro groups is 1. The monoisotopic (exact) mass is 440 g/mol. The van der Waals surface area contributed by atoms with Crippen molar-refractivity contribution in [3.8, 4) is 10.4 Å². The number of anilines is 1. The van der Waals surface area contributed by atoms with Crippen LogP contribution in [-0.4, -0.2) is 20.4 Å². The molecule has 0 radical (unpaired) electrons.